The second-order valence-corrected chi connectivity index (χ2v) is 6.02. The third-order valence-electron chi connectivity index (χ3n) is 3.34. The molecule has 0 spiro atoms. The summed E-state index contributed by atoms with van der Waals surface area (Å²) >= 11 is 1.60. The minimum absolute atomic E-state index is 0.254. The summed E-state index contributed by atoms with van der Waals surface area (Å²) in [7, 11) is 2.06. The quantitative estimate of drug-likeness (QED) is 0.831. The van der Waals surface area contributed by atoms with E-state index in [2.05, 4.69) is 17.3 Å². The molecule has 3 nitrogen and oxygen atoms in total. The van der Waals surface area contributed by atoms with Gasteiger partial charge in [0.2, 0.25) is 0 Å². The van der Waals surface area contributed by atoms with Crippen LogP contribution < -0.4 is 5.32 Å². The monoisotopic (exact) mass is 252 g/mol. The first-order chi connectivity index (χ1) is 8.16. The molecule has 2 rings (SSSR count). The number of hydrogen-bond acceptors (Lipinski definition) is 4. The molecule has 1 N–H and O–H groups in total. The second kappa shape index (κ2) is 5.76. The van der Waals surface area contributed by atoms with Gasteiger partial charge in [0.15, 0.2) is 5.78 Å². The lowest BCUT2D eigenvalue weighted by molar-refractivity contribution is 0.0907. The first kappa shape index (κ1) is 12.7. The minimum Gasteiger partial charge on any atom is -0.317 e. The molecule has 1 aliphatic rings. The van der Waals surface area contributed by atoms with Gasteiger partial charge in [0.05, 0.1) is 11.4 Å². The number of Topliss-reactive ketones (excluding diaryl/α,β-unsaturated/α-hetero) is 1. The summed E-state index contributed by atoms with van der Waals surface area (Å²) < 4.78 is 0. The fourth-order valence-corrected chi connectivity index (χ4v) is 3.06. The van der Waals surface area contributed by atoms with Gasteiger partial charge in [-0.15, -0.1) is 11.3 Å². The van der Waals surface area contributed by atoms with Gasteiger partial charge in [-0.1, -0.05) is 0 Å². The lowest BCUT2D eigenvalue weighted by Gasteiger charge is -2.30. The molecular weight excluding hydrogens is 232 g/mol. The summed E-state index contributed by atoms with van der Waals surface area (Å²) in [6.45, 7) is 4.73. The average Bonchev–Trinajstić information content (AvgIpc) is 2.77. The number of carbonyl (C=O) groups is 1. The number of aryl methyl sites for hydroxylation is 1. The summed E-state index contributed by atoms with van der Waals surface area (Å²) in [5, 5.41) is 3.35. The molecule has 0 saturated carbocycles. The summed E-state index contributed by atoms with van der Waals surface area (Å²) in [5.41, 5.74) is 0. The Labute approximate surface area is 107 Å². The SMILES string of the molecule is Cc1ccc(C(=O)CN(C)C2CCNCC2)s1. The number of likely N-dealkylation sites (N-methyl/N-ethyl adjacent to an activating group) is 1. The standard InChI is InChI=1S/C13H20N2OS/c1-10-3-4-13(17-10)12(16)9-15(2)11-5-7-14-8-6-11/h3-4,11,14H,5-9H2,1-2H3. The fourth-order valence-electron chi connectivity index (χ4n) is 2.27. The van der Waals surface area contributed by atoms with E-state index in [4.69, 9.17) is 0 Å². The van der Waals surface area contributed by atoms with Crippen LogP contribution in [0.4, 0.5) is 0 Å². The molecule has 94 valence electrons. The molecule has 1 aliphatic heterocycles. The Morgan fingerprint density at radius 2 is 2.18 bits per heavy atom. The molecule has 1 aromatic heterocycles. The van der Waals surface area contributed by atoms with E-state index in [9.17, 15) is 4.79 Å². The number of nitrogens with one attached hydrogen (secondary N) is 1. The van der Waals surface area contributed by atoms with Crippen molar-refractivity contribution in [3.63, 3.8) is 0 Å². The summed E-state index contributed by atoms with van der Waals surface area (Å²) in [4.78, 5) is 16.4. The molecule has 1 fully saturated rings. The molecule has 0 bridgehead atoms. The van der Waals surface area contributed by atoms with Crippen molar-refractivity contribution in [3.05, 3.63) is 21.9 Å². The molecule has 0 aliphatic carbocycles. The van der Waals surface area contributed by atoms with Crippen molar-refractivity contribution in [2.75, 3.05) is 26.7 Å². The zero-order valence-electron chi connectivity index (χ0n) is 10.5. The van der Waals surface area contributed by atoms with E-state index >= 15 is 0 Å². The first-order valence-corrected chi connectivity index (χ1v) is 6.99. The molecule has 17 heavy (non-hydrogen) atoms. The summed E-state index contributed by atoms with van der Waals surface area (Å²) in [5.74, 6) is 0.254. The highest BCUT2D eigenvalue weighted by atomic mass is 32.1. The molecule has 0 aromatic carbocycles. The molecule has 0 atom stereocenters. The van der Waals surface area contributed by atoms with Gasteiger partial charge in [-0.3, -0.25) is 9.69 Å². The van der Waals surface area contributed by atoms with Gasteiger partial charge >= 0.3 is 0 Å². The largest absolute Gasteiger partial charge is 0.317 e. The van der Waals surface area contributed by atoms with Crippen LogP contribution in [0.3, 0.4) is 0 Å². The van der Waals surface area contributed by atoms with Crippen LogP contribution in [0, 0.1) is 6.92 Å². The normalized spacial score (nSPS) is 17.6. The maximum absolute atomic E-state index is 12.1. The van der Waals surface area contributed by atoms with Crippen molar-refractivity contribution in [3.8, 4) is 0 Å². The van der Waals surface area contributed by atoms with Crippen LogP contribution in [-0.2, 0) is 0 Å². The van der Waals surface area contributed by atoms with Crippen LogP contribution in [0.1, 0.15) is 27.4 Å². The number of piperidine rings is 1. The molecule has 1 aromatic rings. The topological polar surface area (TPSA) is 32.3 Å². The minimum atomic E-state index is 0.254. The van der Waals surface area contributed by atoms with Gasteiger partial charge in [0.1, 0.15) is 0 Å². The van der Waals surface area contributed by atoms with Gasteiger partial charge in [-0.2, -0.15) is 0 Å². The van der Waals surface area contributed by atoms with Gasteiger partial charge < -0.3 is 5.32 Å². The van der Waals surface area contributed by atoms with E-state index < -0.39 is 0 Å². The Kier molecular flexibility index (Phi) is 4.31. The van der Waals surface area contributed by atoms with Crippen molar-refractivity contribution < 1.29 is 4.79 Å². The van der Waals surface area contributed by atoms with Crippen molar-refractivity contribution >= 4 is 17.1 Å². The number of rotatable bonds is 4. The Morgan fingerprint density at radius 3 is 2.76 bits per heavy atom. The van der Waals surface area contributed by atoms with Crippen LogP contribution in [-0.4, -0.2) is 43.4 Å². The Morgan fingerprint density at radius 1 is 1.47 bits per heavy atom. The fraction of sp³-hybridized carbons (Fsp3) is 0.615. The van der Waals surface area contributed by atoms with Crippen molar-refractivity contribution in [2.45, 2.75) is 25.8 Å². The third-order valence-corrected chi connectivity index (χ3v) is 4.38. The number of ketones is 1. The Balaban J connectivity index is 1.89. The van der Waals surface area contributed by atoms with Crippen LogP contribution >= 0.6 is 11.3 Å². The van der Waals surface area contributed by atoms with Crippen molar-refractivity contribution in [2.24, 2.45) is 0 Å². The zero-order chi connectivity index (χ0) is 12.3. The maximum atomic E-state index is 12.1. The average molecular weight is 252 g/mol. The zero-order valence-corrected chi connectivity index (χ0v) is 11.3. The van der Waals surface area contributed by atoms with Crippen molar-refractivity contribution in [1.82, 2.24) is 10.2 Å². The number of hydrogen-bond donors (Lipinski definition) is 1. The lowest BCUT2D eigenvalue weighted by Crippen LogP contribution is -2.43. The highest BCUT2D eigenvalue weighted by Crippen LogP contribution is 2.17. The molecule has 0 radical (unpaired) electrons. The first-order valence-electron chi connectivity index (χ1n) is 6.17. The molecule has 4 heteroatoms. The van der Waals surface area contributed by atoms with Crippen LogP contribution in [0.15, 0.2) is 12.1 Å². The van der Waals surface area contributed by atoms with Gasteiger partial charge in [-0.05, 0) is 52.0 Å². The molecule has 0 unspecified atom stereocenters. The third kappa shape index (κ3) is 3.37. The van der Waals surface area contributed by atoms with Gasteiger partial charge in [0.25, 0.3) is 0 Å². The number of carbonyl (C=O) groups excluding carboxylic acids is 1. The number of thiophene rings is 1. The second-order valence-electron chi connectivity index (χ2n) is 4.73. The maximum Gasteiger partial charge on any atom is 0.186 e. The van der Waals surface area contributed by atoms with Crippen LogP contribution in [0.2, 0.25) is 0 Å². The van der Waals surface area contributed by atoms with Crippen LogP contribution in [0.5, 0.6) is 0 Å². The van der Waals surface area contributed by atoms with Gasteiger partial charge in [-0.25, -0.2) is 0 Å². The van der Waals surface area contributed by atoms with Gasteiger partial charge in [0, 0.05) is 10.9 Å². The predicted octanol–water partition coefficient (Wildman–Crippen LogP) is 1.92. The van der Waals surface area contributed by atoms with E-state index in [0.29, 0.717) is 12.6 Å². The van der Waals surface area contributed by atoms with Crippen molar-refractivity contribution in [1.29, 1.82) is 0 Å². The van der Waals surface area contributed by atoms with E-state index in [-0.39, 0.29) is 5.78 Å². The van der Waals surface area contributed by atoms with E-state index in [0.717, 1.165) is 30.8 Å². The Hall–Kier alpha value is -0.710. The molecule has 2 heterocycles. The van der Waals surface area contributed by atoms with E-state index in [1.165, 1.54) is 4.88 Å². The Bertz CT molecular complexity index is 383. The molecular formula is C13H20N2OS. The lowest BCUT2D eigenvalue weighted by atomic mass is 10.1. The van der Waals surface area contributed by atoms with E-state index in [1.807, 2.05) is 19.1 Å². The highest BCUT2D eigenvalue weighted by molar-refractivity contribution is 7.14. The smallest absolute Gasteiger partial charge is 0.186 e. The summed E-state index contributed by atoms with van der Waals surface area (Å²) in [6, 6.07) is 4.52. The highest BCUT2D eigenvalue weighted by Gasteiger charge is 2.20. The van der Waals surface area contributed by atoms with Crippen LogP contribution in [0.25, 0.3) is 0 Å². The number of nitrogens with zero attached hydrogens (tertiary/aromatic N) is 1. The molecule has 0 amide bonds. The van der Waals surface area contributed by atoms with E-state index in [1.54, 1.807) is 11.3 Å². The predicted molar refractivity (Wildman–Crippen MR) is 71.9 cm³/mol. The molecule has 1 saturated heterocycles. The summed E-state index contributed by atoms with van der Waals surface area (Å²) in [6.07, 6.45) is 2.29.